The van der Waals surface area contributed by atoms with Gasteiger partial charge in [-0.15, -0.1) is 0 Å². The highest BCUT2D eigenvalue weighted by atomic mass is 16.7. The average Bonchev–Trinajstić information content (AvgIpc) is 3.24. The normalized spacial score (nSPS) is 51.8. The zero-order valence-electron chi connectivity index (χ0n) is 18.6. The molecule has 0 aromatic carbocycles. The Morgan fingerprint density at radius 2 is 1.93 bits per heavy atom. The molecule has 4 heteroatoms. The average molecular weight is 401 g/mol. The van der Waals surface area contributed by atoms with Crippen LogP contribution in [0.2, 0.25) is 0 Å². The first-order chi connectivity index (χ1) is 13.8. The number of ketones is 1. The second-order valence-electron chi connectivity index (χ2n) is 11.6. The summed E-state index contributed by atoms with van der Waals surface area (Å²) in [7, 11) is 0. The number of rotatable bonds is 3. The van der Waals surface area contributed by atoms with Crippen molar-refractivity contribution in [2.45, 2.75) is 97.1 Å². The van der Waals surface area contributed by atoms with Gasteiger partial charge in [0.2, 0.25) is 0 Å². The molecular formula is C25H40N2O2. The third-order valence-corrected chi connectivity index (χ3v) is 10.2. The minimum atomic E-state index is -0.0241. The molecule has 0 spiro atoms. The third-order valence-electron chi connectivity index (χ3n) is 10.2. The lowest BCUT2D eigenvalue weighted by Gasteiger charge is -2.61. The number of hydrogen-bond donors (Lipinski definition) is 2. The Bertz CT molecular complexity index is 705. The van der Waals surface area contributed by atoms with E-state index in [2.05, 4.69) is 32.3 Å². The number of carbonyl (C=O) groups excluding carboxylic acids is 1. The molecule has 3 N–H and O–H groups in total. The van der Waals surface area contributed by atoms with Crippen LogP contribution in [-0.2, 0) is 9.63 Å². The summed E-state index contributed by atoms with van der Waals surface area (Å²) in [5.74, 6) is 4.00. The SMILES string of the molecule is C[C@@H]1CC2C=C(NOC3CCCC3N)CC[C@]2(C)[C@H]2CC[C@]3(C)C(=O)CC[C@H]3[C@H]12. The van der Waals surface area contributed by atoms with Gasteiger partial charge in [-0.25, -0.2) is 0 Å². The van der Waals surface area contributed by atoms with Crippen LogP contribution in [0.25, 0.3) is 0 Å². The fourth-order valence-electron chi connectivity index (χ4n) is 8.33. The second kappa shape index (κ2) is 7.09. The van der Waals surface area contributed by atoms with E-state index in [-0.39, 0.29) is 17.6 Å². The number of allylic oxidation sites excluding steroid dienone is 2. The molecule has 4 saturated carbocycles. The molecule has 5 aliphatic carbocycles. The molecule has 5 aliphatic rings. The van der Waals surface area contributed by atoms with E-state index in [0.717, 1.165) is 50.4 Å². The number of fused-ring (bicyclic) bond motifs is 5. The van der Waals surface area contributed by atoms with E-state index >= 15 is 0 Å². The highest BCUT2D eigenvalue weighted by molar-refractivity contribution is 5.87. The number of nitrogens with one attached hydrogen (secondary N) is 1. The molecule has 162 valence electrons. The number of hydrogen-bond acceptors (Lipinski definition) is 4. The van der Waals surface area contributed by atoms with Crippen LogP contribution in [0.15, 0.2) is 11.8 Å². The molecule has 0 aliphatic heterocycles. The van der Waals surface area contributed by atoms with E-state index in [1.165, 1.54) is 31.4 Å². The van der Waals surface area contributed by atoms with E-state index in [0.29, 0.717) is 29.0 Å². The van der Waals surface area contributed by atoms with Crippen molar-refractivity contribution >= 4 is 5.78 Å². The van der Waals surface area contributed by atoms with Crippen LogP contribution in [0.5, 0.6) is 0 Å². The summed E-state index contributed by atoms with van der Waals surface area (Å²) in [6.45, 7) is 7.31. The summed E-state index contributed by atoms with van der Waals surface area (Å²) in [5, 5.41) is 0. The molecular weight excluding hydrogens is 360 g/mol. The zero-order chi connectivity index (χ0) is 20.4. The summed E-state index contributed by atoms with van der Waals surface area (Å²) < 4.78 is 0. The van der Waals surface area contributed by atoms with Gasteiger partial charge in [-0.05, 0) is 92.8 Å². The molecule has 0 aromatic rings. The van der Waals surface area contributed by atoms with E-state index in [1.54, 1.807) is 0 Å². The molecule has 29 heavy (non-hydrogen) atoms. The smallest absolute Gasteiger partial charge is 0.139 e. The van der Waals surface area contributed by atoms with Crippen molar-refractivity contribution in [2.75, 3.05) is 0 Å². The van der Waals surface area contributed by atoms with Crippen LogP contribution in [0.3, 0.4) is 0 Å². The Kier molecular flexibility index (Phi) is 4.90. The fraction of sp³-hybridized carbons (Fsp3) is 0.880. The Hall–Kier alpha value is -0.870. The Balaban J connectivity index is 1.33. The van der Waals surface area contributed by atoms with Crippen molar-refractivity contribution in [3.05, 3.63) is 11.8 Å². The van der Waals surface area contributed by atoms with Crippen molar-refractivity contribution in [1.29, 1.82) is 0 Å². The van der Waals surface area contributed by atoms with Gasteiger partial charge in [-0.3, -0.25) is 15.1 Å². The molecule has 5 rings (SSSR count). The first-order valence-corrected chi connectivity index (χ1v) is 12.2. The van der Waals surface area contributed by atoms with Gasteiger partial charge in [0.25, 0.3) is 0 Å². The maximum absolute atomic E-state index is 12.7. The lowest BCUT2D eigenvalue weighted by molar-refractivity contribution is -0.141. The molecule has 3 unspecified atom stereocenters. The van der Waals surface area contributed by atoms with E-state index in [9.17, 15) is 4.79 Å². The summed E-state index contributed by atoms with van der Waals surface area (Å²) in [6, 6.07) is 0.179. The molecule has 0 bridgehead atoms. The molecule has 9 atom stereocenters. The van der Waals surface area contributed by atoms with Crippen molar-refractivity contribution in [3.63, 3.8) is 0 Å². The lowest BCUT2D eigenvalue weighted by Crippen LogP contribution is -2.55. The molecule has 0 amide bonds. The summed E-state index contributed by atoms with van der Waals surface area (Å²) in [6.07, 6.45) is 13.9. The number of carbonyl (C=O) groups is 1. The van der Waals surface area contributed by atoms with Gasteiger partial charge in [0.05, 0.1) is 0 Å². The molecule has 4 fully saturated rings. The first-order valence-electron chi connectivity index (χ1n) is 12.2. The van der Waals surface area contributed by atoms with E-state index < -0.39 is 0 Å². The zero-order valence-corrected chi connectivity index (χ0v) is 18.6. The van der Waals surface area contributed by atoms with E-state index in [4.69, 9.17) is 10.6 Å². The van der Waals surface area contributed by atoms with Crippen LogP contribution in [0.4, 0.5) is 0 Å². The number of Topliss-reactive ketones (excluding diaryl/α,β-unsaturated/α-hetero) is 1. The fourth-order valence-corrected chi connectivity index (χ4v) is 8.33. The van der Waals surface area contributed by atoms with Gasteiger partial charge in [0.15, 0.2) is 0 Å². The largest absolute Gasteiger partial charge is 0.325 e. The van der Waals surface area contributed by atoms with Crippen molar-refractivity contribution < 1.29 is 9.63 Å². The monoisotopic (exact) mass is 400 g/mol. The maximum Gasteiger partial charge on any atom is 0.139 e. The van der Waals surface area contributed by atoms with Crippen LogP contribution >= 0.6 is 0 Å². The lowest BCUT2D eigenvalue weighted by atomic mass is 9.44. The third kappa shape index (κ3) is 3.04. The van der Waals surface area contributed by atoms with Crippen LogP contribution < -0.4 is 11.2 Å². The predicted molar refractivity (Wildman–Crippen MR) is 115 cm³/mol. The van der Waals surface area contributed by atoms with Gasteiger partial charge in [0, 0.05) is 23.6 Å². The van der Waals surface area contributed by atoms with Crippen molar-refractivity contribution in [1.82, 2.24) is 5.48 Å². The van der Waals surface area contributed by atoms with Crippen LogP contribution in [0, 0.1) is 40.4 Å². The van der Waals surface area contributed by atoms with Gasteiger partial charge in [0.1, 0.15) is 11.9 Å². The molecule has 0 radical (unpaired) electrons. The van der Waals surface area contributed by atoms with Crippen molar-refractivity contribution in [2.24, 2.45) is 46.2 Å². The van der Waals surface area contributed by atoms with Crippen LogP contribution in [-0.4, -0.2) is 17.9 Å². The van der Waals surface area contributed by atoms with Gasteiger partial charge >= 0.3 is 0 Å². The van der Waals surface area contributed by atoms with E-state index in [1.807, 2.05) is 0 Å². The van der Waals surface area contributed by atoms with Gasteiger partial charge in [-0.2, -0.15) is 0 Å². The molecule has 0 heterocycles. The number of nitrogens with two attached hydrogens (primary N) is 1. The summed E-state index contributed by atoms with van der Waals surface area (Å²) >= 11 is 0. The standard InChI is InChI=1S/C25H40N2O2/c1-15-13-16-14-17(27-29-21-6-4-5-20(21)26)9-11-24(16,2)19-10-12-25(3)18(23(15)19)7-8-22(25)28/h14-16,18-21,23,27H,4-13,26H2,1-3H3/t15-,16?,18+,19+,20?,21?,23+,24+,25+/m1/s1. The summed E-state index contributed by atoms with van der Waals surface area (Å²) in [4.78, 5) is 18.7. The van der Waals surface area contributed by atoms with Gasteiger partial charge < -0.3 is 5.73 Å². The predicted octanol–water partition coefficient (Wildman–Crippen LogP) is 4.74. The second-order valence-corrected chi connectivity index (χ2v) is 11.6. The highest BCUT2D eigenvalue weighted by Gasteiger charge is 2.61. The van der Waals surface area contributed by atoms with Crippen LogP contribution in [0.1, 0.15) is 85.0 Å². The number of hydroxylamine groups is 1. The first kappa shape index (κ1) is 20.1. The minimum Gasteiger partial charge on any atom is -0.325 e. The maximum atomic E-state index is 12.7. The molecule has 0 aromatic heterocycles. The quantitative estimate of drug-likeness (QED) is 0.672. The molecule has 4 nitrogen and oxygen atoms in total. The molecule has 0 saturated heterocycles. The van der Waals surface area contributed by atoms with Crippen molar-refractivity contribution in [3.8, 4) is 0 Å². The topological polar surface area (TPSA) is 64.3 Å². The van der Waals surface area contributed by atoms with Gasteiger partial charge in [-0.1, -0.05) is 26.8 Å². The minimum absolute atomic E-state index is 0.0241. The highest BCUT2D eigenvalue weighted by Crippen LogP contribution is 2.66. The Morgan fingerprint density at radius 1 is 1.10 bits per heavy atom. The summed E-state index contributed by atoms with van der Waals surface area (Å²) in [5.41, 5.74) is 11.1. The Labute approximate surface area is 176 Å². The Morgan fingerprint density at radius 3 is 2.69 bits per heavy atom.